The average Bonchev–Trinajstić information content (AvgIpc) is 2.35. The van der Waals surface area contributed by atoms with Crippen LogP contribution >= 0.6 is 47.2 Å². The Morgan fingerprint density at radius 2 is 1.50 bits per heavy atom. The molecule has 1 saturated heterocycles. The minimum atomic E-state index is 0. The Kier molecular flexibility index (Phi) is 6.36. The number of rotatable bonds is 2. The molecule has 1 aliphatic heterocycles. The average molecular weight is 330 g/mol. The number of nitrogens with zero attached hydrogens (tertiary/aromatic N) is 2. The van der Waals surface area contributed by atoms with Gasteiger partial charge in [-0.25, -0.2) is 0 Å². The highest BCUT2D eigenvalue weighted by Gasteiger charge is 2.17. The van der Waals surface area contributed by atoms with Crippen molar-refractivity contribution in [3.05, 3.63) is 27.2 Å². The first-order valence-electron chi connectivity index (χ1n) is 5.73. The molecule has 0 bridgehead atoms. The van der Waals surface area contributed by atoms with Crippen molar-refractivity contribution in [2.24, 2.45) is 0 Å². The van der Waals surface area contributed by atoms with Crippen LogP contribution in [0.1, 0.15) is 6.92 Å². The number of piperazine rings is 1. The number of benzene rings is 1. The third-order valence-corrected chi connectivity index (χ3v) is 4.35. The van der Waals surface area contributed by atoms with Crippen LogP contribution < -0.4 is 4.90 Å². The molecule has 2 nitrogen and oxygen atoms in total. The van der Waals surface area contributed by atoms with Gasteiger partial charge in [0.1, 0.15) is 0 Å². The van der Waals surface area contributed by atoms with Crippen LogP contribution in [0.2, 0.25) is 15.1 Å². The summed E-state index contributed by atoms with van der Waals surface area (Å²) in [7, 11) is 0. The zero-order valence-electron chi connectivity index (χ0n) is 10.1. The Morgan fingerprint density at radius 3 is 1.94 bits per heavy atom. The maximum Gasteiger partial charge on any atom is 0.0780 e. The molecule has 102 valence electrons. The second kappa shape index (κ2) is 7.06. The molecule has 0 aromatic heterocycles. The first kappa shape index (κ1) is 16.2. The van der Waals surface area contributed by atoms with Crippen LogP contribution in [0.3, 0.4) is 0 Å². The van der Waals surface area contributed by atoms with Gasteiger partial charge in [-0.1, -0.05) is 41.7 Å². The molecule has 1 heterocycles. The van der Waals surface area contributed by atoms with E-state index in [9.17, 15) is 0 Å². The van der Waals surface area contributed by atoms with Gasteiger partial charge in [0.25, 0.3) is 0 Å². The van der Waals surface area contributed by atoms with Crippen LogP contribution in [-0.2, 0) is 0 Å². The van der Waals surface area contributed by atoms with E-state index in [1.54, 1.807) is 0 Å². The molecule has 6 heteroatoms. The van der Waals surface area contributed by atoms with Crippen LogP contribution in [0.5, 0.6) is 0 Å². The molecule has 2 rings (SSSR count). The van der Waals surface area contributed by atoms with E-state index in [4.69, 9.17) is 34.8 Å². The van der Waals surface area contributed by atoms with Crippen LogP contribution in [0.4, 0.5) is 5.69 Å². The molecular weight excluding hydrogens is 314 g/mol. The van der Waals surface area contributed by atoms with E-state index in [0.717, 1.165) is 38.4 Å². The molecule has 1 aromatic carbocycles. The lowest BCUT2D eigenvalue weighted by Crippen LogP contribution is -2.46. The summed E-state index contributed by atoms with van der Waals surface area (Å²) in [6.07, 6.45) is 0. The van der Waals surface area contributed by atoms with E-state index >= 15 is 0 Å². The summed E-state index contributed by atoms with van der Waals surface area (Å²) >= 11 is 18.0. The quantitative estimate of drug-likeness (QED) is 0.750. The largest absolute Gasteiger partial charge is 0.369 e. The minimum absolute atomic E-state index is 0. The summed E-state index contributed by atoms with van der Waals surface area (Å²) in [5, 5.41) is 1.48. The standard InChI is InChI=1S/C12H15Cl3N2.ClH/c1-2-16-3-5-17(6-4-16)9-7-10(13)12(15)11(14)8-9;/h7-8H,2-6H2,1H3;1H. The zero-order chi connectivity index (χ0) is 12.4. The molecule has 0 unspecified atom stereocenters. The van der Waals surface area contributed by atoms with E-state index in [-0.39, 0.29) is 12.4 Å². The molecule has 0 N–H and O–H groups in total. The highest BCUT2D eigenvalue weighted by atomic mass is 35.5. The normalized spacial score (nSPS) is 16.6. The van der Waals surface area contributed by atoms with E-state index in [1.807, 2.05) is 12.1 Å². The number of hydrogen-bond donors (Lipinski definition) is 0. The van der Waals surface area contributed by atoms with Crippen molar-refractivity contribution in [2.45, 2.75) is 6.92 Å². The van der Waals surface area contributed by atoms with Gasteiger partial charge in [0, 0.05) is 31.9 Å². The summed E-state index contributed by atoms with van der Waals surface area (Å²) in [6.45, 7) is 7.45. The first-order chi connectivity index (χ1) is 8.11. The van der Waals surface area contributed by atoms with E-state index < -0.39 is 0 Å². The topological polar surface area (TPSA) is 6.48 Å². The SMILES string of the molecule is CCN1CCN(c2cc(Cl)c(Cl)c(Cl)c2)CC1.Cl. The van der Waals surface area contributed by atoms with Crippen molar-refractivity contribution >= 4 is 52.9 Å². The fourth-order valence-corrected chi connectivity index (χ4v) is 2.63. The second-order valence-corrected chi connectivity index (χ2v) is 5.34. The monoisotopic (exact) mass is 328 g/mol. The van der Waals surface area contributed by atoms with Crippen molar-refractivity contribution in [2.75, 3.05) is 37.6 Å². The summed E-state index contributed by atoms with van der Waals surface area (Å²) < 4.78 is 0. The molecule has 0 radical (unpaired) electrons. The fourth-order valence-electron chi connectivity index (χ4n) is 2.05. The van der Waals surface area contributed by atoms with Gasteiger partial charge in [-0.3, -0.25) is 0 Å². The molecule has 0 atom stereocenters. The van der Waals surface area contributed by atoms with E-state index in [0.29, 0.717) is 15.1 Å². The predicted octanol–water partition coefficient (Wildman–Crippen LogP) is 4.21. The van der Waals surface area contributed by atoms with E-state index in [1.165, 1.54) is 0 Å². The molecule has 0 amide bonds. The molecule has 18 heavy (non-hydrogen) atoms. The van der Waals surface area contributed by atoms with Gasteiger partial charge in [0.15, 0.2) is 0 Å². The lowest BCUT2D eigenvalue weighted by Gasteiger charge is -2.35. The molecule has 0 aliphatic carbocycles. The smallest absolute Gasteiger partial charge is 0.0780 e. The number of hydrogen-bond acceptors (Lipinski definition) is 2. The lowest BCUT2D eigenvalue weighted by atomic mass is 10.2. The van der Waals surface area contributed by atoms with Gasteiger partial charge < -0.3 is 9.80 Å². The van der Waals surface area contributed by atoms with Gasteiger partial charge in [0.05, 0.1) is 15.1 Å². The van der Waals surface area contributed by atoms with Crippen molar-refractivity contribution < 1.29 is 0 Å². The number of halogens is 4. The van der Waals surface area contributed by atoms with Gasteiger partial charge >= 0.3 is 0 Å². The Hall–Kier alpha value is 0.140. The predicted molar refractivity (Wildman–Crippen MR) is 83.0 cm³/mol. The van der Waals surface area contributed by atoms with Crippen LogP contribution in [0, 0.1) is 0 Å². The van der Waals surface area contributed by atoms with Crippen molar-refractivity contribution in [3.63, 3.8) is 0 Å². The third-order valence-electron chi connectivity index (χ3n) is 3.15. The Morgan fingerprint density at radius 1 is 1.00 bits per heavy atom. The summed E-state index contributed by atoms with van der Waals surface area (Å²) in [6, 6.07) is 3.77. The Bertz CT molecular complexity index is 380. The maximum atomic E-state index is 6.04. The summed E-state index contributed by atoms with van der Waals surface area (Å²) in [4.78, 5) is 4.72. The van der Waals surface area contributed by atoms with E-state index in [2.05, 4.69) is 16.7 Å². The molecular formula is C12H16Cl4N2. The fraction of sp³-hybridized carbons (Fsp3) is 0.500. The van der Waals surface area contributed by atoms with Crippen LogP contribution in [-0.4, -0.2) is 37.6 Å². The highest BCUT2D eigenvalue weighted by molar-refractivity contribution is 6.48. The van der Waals surface area contributed by atoms with Gasteiger partial charge in [-0.05, 0) is 18.7 Å². The highest BCUT2D eigenvalue weighted by Crippen LogP contribution is 2.34. The minimum Gasteiger partial charge on any atom is -0.369 e. The lowest BCUT2D eigenvalue weighted by molar-refractivity contribution is 0.271. The third kappa shape index (κ3) is 3.58. The number of likely N-dealkylation sites (N-methyl/N-ethyl adjacent to an activating group) is 1. The molecule has 0 spiro atoms. The summed E-state index contributed by atoms with van der Waals surface area (Å²) in [5.41, 5.74) is 1.06. The molecule has 1 fully saturated rings. The molecule has 1 aliphatic rings. The first-order valence-corrected chi connectivity index (χ1v) is 6.87. The molecule has 0 saturated carbocycles. The van der Waals surface area contributed by atoms with Crippen LogP contribution in [0.15, 0.2) is 12.1 Å². The van der Waals surface area contributed by atoms with Gasteiger partial charge in [-0.15, -0.1) is 12.4 Å². The van der Waals surface area contributed by atoms with Crippen molar-refractivity contribution in [3.8, 4) is 0 Å². The second-order valence-electron chi connectivity index (χ2n) is 4.14. The molecule has 1 aromatic rings. The Balaban J connectivity index is 0.00000162. The van der Waals surface area contributed by atoms with Crippen molar-refractivity contribution in [1.29, 1.82) is 0 Å². The van der Waals surface area contributed by atoms with Crippen LogP contribution in [0.25, 0.3) is 0 Å². The zero-order valence-corrected chi connectivity index (χ0v) is 13.2. The number of anilines is 1. The maximum absolute atomic E-state index is 6.04. The summed E-state index contributed by atoms with van der Waals surface area (Å²) in [5.74, 6) is 0. The van der Waals surface area contributed by atoms with Crippen molar-refractivity contribution in [1.82, 2.24) is 4.90 Å². The Labute approximate surface area is 129 Å². The van der Waals surface area contributed by atoms with Gasteiger partial charge in [-0.2, -0.15) is 0 Å². The van der Waals surface area contributed by atoms with Gasteiger partial charge in [0.2, 0.25) is 0 Å².